The number of rotatable bonds is 4. The van der Waals surface area contributed by atoms with Gasteiger partial charge in [-0.15, -0.1) is 0 Å². The van der Waals surface area contributed by atoms with Crippen molar-refractivity contribution in [1.82, 2.24) is 14.1 Å². The molecule has 0 spiro atoms. The average Bonchev–Trinajstić information content (AvgIpc) is 2.81. The van der Waals surface area contributed by atoms with Crippen LogP contribution in [0.2, 0.25) is 0 Å². The molecule has 0 amide bonds. The predicted octanol–water partition coefficient (Wildman–Crippen LogP) is 0.675. The molecule has 2 rings (SSSR count). The Morgan fingerprint density at radius 3 is 2.80 bits per heavy atom. The summed E-state index contributed by atoms with van der Waals surface area (Å²) in [5.41, 5.74) is 5.30. The Kier molecular flexibility index (Phi) is 4.08. The number of aromatic nitrogens is 2. The lowest BCUT2D eigenvalue weighted by Gasteiger charge is -2.38. The summed E-state index contributed by atoms with van der Waals surface area (Å²) < 4.78 is 33.8. The minimum Gasteiger partial charge on any atom is -0.381 e. The quantitative estimate of drug-likeness (QED) is 0.883. The number of hydrogen-bond donors (Lipinski definition) is 1. The second kappa shape index (κ2) is 5.34. The highest BCUT2D eigenvalue weighted by Gasteiger charge is 2.38. The van der Waals surface area contributed by atoms with E-state index in [1.54, 1.807) is 7.11 Å². The minimum absolute atomic E-state index is 0.0524. The lowest BCUT2D eigenvalue weighted by atomic mass is 9.96. The van der Waals surface area contributed by atoms with Gasteiger partial charge in [-0.05, 0) is 26.7 Å². The third-order valence-electron chi connectivity index (χ3n) is 3.81. The maximum atomic E-state index is 12.7. The summed E-state index contributed by atoms with van der Waals surface area (Å²) in [4.78, 5) is 0.0831. The Balaban J connectivity index is 2.32. The molecule has 114 valence electrons. The van der Waals surface area contributed by atoms with Crippen LogP contribution in [-0.4, -0.2) is 48.3 Å². The Bertz CT molecular complexity index is 584. The SMILES string of the molecule is CCn1cc(S(=O)(=O)N2CCCC(C)(OC)C2)c(N)n1. The summed E-state index contributed by atoms with van der Waals surface area (Å²) in [6.45, 7) is 5.20. The molecule has 7 nitrogen and oxygen atoms in total. The monoisotopic (exact) mass is 302 g/mol. The van der Waals surface area contributed by atoms with Crippen LogP contribution in [0.3, 0.4) is 0 Å². The van der Waals surface area contributed by atoms with E-state index in [9.17, 15) is 8.42 Å². The molecule has 1 aromatic heterocycles. The lowest BCUT2D eigenvalue weighted by Crippen LogP contribution is -2.49. The van der Waals surface area contributed by atoms with Crippen molar-refractivity contribution in [3.05, 3.63) is 6.20 Å². The number of ether oxygens (including phenoxy) is 1. The highest BCUT2D eigenvalue weighted by Crippen LogP contribution is 2.29. The van der Waals surface area contributed by atoms with Gasteiger partial charge in [0.15, 0.2) is 5.82 Å². The summed E-state index contributed by atoms with van der Waals surface area (Å²) in [6, 6.07) is 0. The highest BCUT2D eigenvalue weighted by atomic mass is 32.2. The molecule has 1 aromatic rings. The molecular formula is C12H22N4O3S. The lowest BCUT2D eigenvalue weighted by molar-refractivity contribution is -0.0319. The van der Waals surface area contributed by atoms with E-state index in [0.29, 0.717) is 19.6 Å². The second-order valence-corrected chi connectivity index (χ2v) is 7.24. The first-order valence-corrected chi connectivity index (χ1v) is 8.14. The van der Waals surface area contributed by atoms with Gasteiger partial charge in [0.1, 0.15) is 4.90 Å². The fourth-order valence-electron chi connectivity index (χ4n) is 2.45. The van der Waals surface area contributed by atoms with Gasteiger partial charge < -0.3 is 10.5 Å². The first-order valence-electron chi connectivity index (χ1n) is 6.70. The fourth-order valence-corrected chi connectivity index (χ4v) is 4.10. The van der Waals surface area contributed by atoms with Crippen LogP contribution in [0.15, 0.2) is 11.1 Å². The normalized spacial score (nSPS) is 24.9. The van der Waals surface area contributed by atoms with Crippen LogP contribution in [0.1, 0.15) is 26.7 Å². The van der Waals surface area contributed by atoms with Crippen LogP contribution >= 0.6 is 0 Å². The number of methoxy groups -OCH3 is 1. The molecule has 0 aromatic carbocycles. The second-order valence-electron chi connectivity index (χ2n) is 5.33. The largest absolute Gasteiger partial charge is 0.381 e. The smallest absolute Gasteiger partial charge is 0.248 e. The molecule has 1 fully saturated rings. The molecule has 8 heteroatoms. The van der Waals surface area contributed by atoms with E-state index in [4.69, 9.17) is 10.5 Å². The van der Waals surface area contributed by atoms with Crippen LogP contribution in [0, 0.1) is 0 Å². The van der Waals surface area contributed by atoms with Crippen molar-refractivity contribution in [1.29, 1.82) is 0 Å². The third kappa shape index (κ3) is 2.68. The van der Waals surface area contributed by atoms with Crippen molar-refractivity contribution >= 4 is 15.8 Å². The van der Waals surface area contributed by atoms with E-state index >= 15 is 0 Å². The maximum absolute atomic E-state index is 12.7. The number of aryl methyl sites for hydroxylation is 1. The van der Waals surface area contributed by atoms with Crippen molar-refractivity contribution in [3.63, 3.8) is 0 Å². The molecule has 1 aliphatic heterocycles. The zero-order valence-corrected chi connectivity index (χ0v) is 13.0. The summed E-state index contributed by atoms with van der Waals surface area (Å²) in [6.07, 6.45) is 3.11. The summed E-state index contributed by atoms with van der Waals surface area (Å²) in [5.74, 6) is 0.0524. The molecule has 0 radical (unpaired) electrons. The van der Waals surface area contributed by atoms with Crippen molar-refractivity contribution in [2.24, 2.45) is 0 Å². The zero-order chi connectivity index (χ0) is 15.0. The first kappa shape index (κ1) is 15.3. The third-order valence-corrected chi connectivity index (χ3v) is 5.68. The van der Waals surface area contributed by atoms with Crippen LogP contribution in [0.4, 0.5) is 5.82 Å². The van der Waals surface area contributed by atoms with Gasteiger partial charge in [-0.3, -0.25) is 4.68 Å². The molecule has 20 heavy (non-hydrogen) atoms. The Morgan fingerprint density at radius 1 is 1.55 bits per heavy atom. The predicted molar refractivity (Wildman–Crippen MR) is 75.7 cm³/mol. The number of piperidine rings is 1. The number of nitrogens with two attached hydrogens (primary N) is 1. The van der Waals surface area contributed by atoms with E-state index in [2.05, 4.69) is 5.10 Å². The number of nitrogens with zero attached hydrogens (tertiary/aromatic N) is 3. The van der Waals surface area contributed by atoms with Crippen LogP contribution in [0.25, 0.3) is 0 Å². The molecular weight excluding hydrogens is 280 g/mol. The minimum atomic E-state index is -3.62. The van der Waals surface area contributed by atoms with Crippen molar-refractivity contribution < 1.29 is 13.2 Å². The van der Waals surface area contributed by atoms with Gasteiger partial charge >= 0.3 is 0 Å². The Hall–Kier alpha value is -1.12. The molecule has 0 aliphatic carbocycles. The Morgan fingerprint density at radius 2 is 2.25 bits per heavy atom. The Labute approximate surface area is 119 Å². The molecule has 2 heterocycles. The number of sulfonamides is 1. The summed E-state index contributed by atoms with van der Waals surface area (Å²) >= 11 is 0. The van der Waals surface area contributed by atoms with E-state index in [-0.39, 0.29) is 10.7 Å². The number of nitrogen functional groups attached to an aromatic ring is 1. The number of hydrogen-bond acceptors (Lipinski definition) is 5. The van der Waals surface area contributed by atoms with Crippen LogP contribution in [0.5, 0.6) is 0 Å². The van der Waals surface area contributed by atoms with E-state index in [0.717, 1.165) is 12.8 Å². The molecule has 1 aliphatic rings. The van der Waals surface area contributed by atoms with Gasteiger partial charge in [-0.2, -0.15) is 9.40 Å². The fraction of sp³-hybridized carbons (Fsp3) is 0.750. The molecule has 1 atom stereocenters. The van der Waals surface area contributed by atoms with Gasteiger partial charge in [0.05, 0.1) is 5.60 Å². The van der Waals surface area contributed by atoms with Gasteiger partial charge in [0.2, 0.25) is 10.0 Å². The molecule has 1 saturated heterocycles. The topological polar surface area (TPSA) is 90.5 Å². The van der Waals surface area contributed by atoms with Crippen LogP contribution in [-0.2, 0) is 21.3 Å². The van der Waals surface area contributed by atoms with Gasteiger partial charge in [-0.25, -0.2) is 8.42 Å². The average molecular weight is 302 g/mol. The van der Waals surface area contributed by atoms with E-state index in [1.165, 1.54) is 15.2 Å². The zero-order valence-electron chi connectivity index (χ0n) is 12.2. The molecule has 2 N–H and O–H groups in total. The first-order chi connectivity index (χ1) is 9.32. The molecule has 1 unspecified atom stereocenters. The number of anilines is 1. The van der Waals surface area contributed by atoms with E-state index < -0.39 is 15.6 Å². The highest BCUT2D eigenvalue weighted by molar-refractivity contribution is 7.89. The van der Waals surface area contributed by atoms with E-state index in [1.807, 2.05) is 13.8 Å². The van der Waals surface area contributed by atoms with Crippen molar-refractivity contribution in [2.45, 2.75) is 43.7 Å². The van der Waals surface area contributed by atoms with Crippen molar-refractivity contribution in [3.8, 4) is 0 Å². The van der Waals surface area contributed by atoms with Gasteiger partial charge in [0.25, 0.3) is 0 Å². The van der Waals surface area contributed by atoms with Gasteiger partial charge in [0, 0.05) is 32.9 Å². The summed E-state index contributed by atoms with van der Waals surface area (Å²) in [7, 11) is -2.01. The summed E-state index contributed by atoms with van der Waals surface area (Å²) in [5, 5.41) is 4.00. The standard InChI is InChI=1S/C12H22N4O3S/c1-4-15-8-10(11(13)14-15)20(17,18)16-7-5-6-12(2,9-16)19-3/h8H,4-7,9H2,1-3H3,(H2,13,14). The van der Waals surface area contributed by atoms with Gasteiger partial charge in [-0.1, -0.05) is 0 Å². The van der Waals surface area contributed by atoms with Crippen LogP contribution < -0.4 is 5.73 Å². The maximum Gasteiger partial charge on any atom is 0.248 e. The molecule has 0 bridgehead atoms. The van der Waals surface area contributed by atoms with Crippen molar-refractivity contribution in [2.75, 3.05) is 25.9 Å². The molecule has 0 saturated carbocycles.